The van der Waals surface area contributed by atoms with E-state index in [1.807, 2.05) is 19.2 Å². The van der Waals surface area contributed by atoms with Gasteiger partial charge in [0.2, 0.25) is 0 Å². The smallest absolute Gasteiger partial charge is 0.253 e. The minimum atomic E-state index is -0.0116. The van der Waals surface area contributed by atoms with Crippen molar-refractivity contribution in [1.29, 1.82) is 0 Å². The molecule has 3 rings (SSSR count). The molecule has 0 saturated carbocycles. The summed E-state index contributed by atoms with van der Waals surface area (Å²) in [4.78, 5) is 22.1. The zero-order valence-corrected chi connectivity index (χ0v) is 15.8. The second-order valence-electron chi connectivity index (χ2n) is 6.49. The van der Waals surface area contributed by atoms with Crippen molar-refractivity contribution < 1.29 is 4.79 Å². The SMILES string of the molecule is CC(C)CN(C)C(=O)c1ccc2nc(-c3c(Cl)cccc3Cl)[nH]c2c1. The average Bonchev–Trinajstić information content (AvgIpc) is 2.95. The van der Waals surface area contributed by atoms with Crippen molar-refractivity contribution in [2.45, 2.75) is 13.8 Å². The summed E-state index contributed by atoms with van der Waals surface area (Å²) in [7, 11) is 1.81. The lowest BCUT2D eigenvalue weighted by Crippen LogP contribution is -2.30. The minimum absolute atomic E-state index is 0.0116. The van der Waals surface area contributed by atoms with E-state index in [0.717, 1.165) is 11.0 Å². The second-order valence-corrected chi connectivity index (χ2v) is 7.31. The van der Waals surface area contributed by atoms with Crippen LogP contribution in [0.2, 0.25) is 10.0 Å². The van der Waals surface area contributed by atoms with Crippen molar-refractivity contribution in [3.8, 4) is 11.4 Å². The number of halogens is 2. The molecule has 4 nitrogen and oxygen atoms in total. The number of imidazole rings is 1. The highest BCUT2D eigenvalue weighted by Crippen LogP contribution is 2.33. The van der Waals surface area contributed by atoms with Crippen LogP contribution >= 0.6 is 23.2 Å². The van der Waals surface area contributed by atoms with Crippen LogP contribution in [0, 0.1) is 5.92 Å². The quantitative estimate of drug-likeness (QED) is 0.675. The number of nitrogens with one attached hydrogen (secondary N) is 1. The number of fused-ring (bicyclic) bond motifs is 1. The van der Waals surface area contributed by atoms with Crippen LogP contribution in [0.5, 0.6) is 0 Å². The Morgan fingerprint density at radius 3 is 2.52 bits per heavy atom. The van der Waals surface area contributed by atoms with Gasteiger partial charge in [0.25, 0.3) is 5.91 Å². The minimum Gasteiger partial charge on any atom is -0.341 e. The van der Waals surface area contributed by atoms with Crippen LogP contribution in [0.4, 0.5) is 0 Å². The molecule has 0 unspecified atom stereocenters. The fourth-order valence-corrected chi connectivity index (χ4v) is 3.41. The molecule has 0 aliphatic rings. The Morgan fingerprint density at radius 1 is 1.20 bits per heavy atom. The van der Waals surface area contributed by atoms with Crippen molar-refractivity contribution in [1.82, 2.24) is 14.9 Å². The second kappa shape index (κ2) is 7.06. The number of nitrogens with zero attached hydrogens (tertiary/aromatic N) is 2. The molecule has 0 saturated heterocycles. The number of amides is 1. The van der Waals surface area contributed by atoms with Crippen molar-refractivity contribution in [2.75, 3.05) is 13.6 Å². The van der Waals surface area contributed by atoms with Crippen LogP contribution in [0.15, 0.2) is 36.4 Å². The van der Waals surface area contributed by atoms with Gasteiger partial charge in [0.15, 0.2) is 0 Å². The fourth-order valence-electron chi connectivity index (χ4n) is 2.84. The van der Waals surface area contributed by atoms with Gasteiger partial charge in [-0.15, -0.1) is 0 Å². The Kier molecular flexibility index (Phi) is 5.02. The van der Waals surface area contributed by atoms with Gasteiger partial charge in [-0.25, -0.2) is 4.98 Å². The first-order chi connectivity index (χ1) is 11.9. The standard InChI is InChI=1S/C19H19Cl2N3O/c1-11(2)10-24(3)19(25)12-7-8-15-16(9-12)23-18(22-15)17-13(20)5-4-6-14(17)21/h4-9,11H,10H2,1-3H3,(H,22,23). The van der Waals surface area contributed by atoms with E-state index in [-0.39, 0.29) is 5.91 Å². The van der Waals surface area contributed by atoms with Crippen LogP contribution in [0.25, 0.3) is 22.4 Å². The third-order valence-corrected chi connectivity index (χ3v) is 4.54. The summed E-state index contributed by atoms with van der Waals surface area (Å²) in [6.07, 6.45) is 0. The van der Waals surface area contributed by atoms with E-state index in [4.69, 9.17) is 23.2 Å². The highest BCUT2D eigenvalue weighted by molar-refractivity contribution is 6.39. The van der Waals surface area contributed by atoms with Gasteiger partial charge in [-0.05, 0) is 36.2 Å². The molecule has 1 amide bonds. The Hall–Kier alpha value is -2.04. The molecule has 2 aromatic carbocycles. The number of hydrogen-bond acceptors (Lipinski definition) is 2. The van der Waals surface area contributed by atoms with Crippen LogP contribution < -0.4 is 0 Å². The Bertz CT molecular complexity index is 913. The molecule has 1 heterocycles. The Morgan fingerprint density at radius 2 is 1.88 bits per heavy atom. The van der Waals surface area contributed by atoms with Gasteiger partial charge < -0.3 is 9.88 Å². The van der Waals surface area contributed by atoms with Crippen LogP contribution in [-0.2, 0) is 0 Å². The molecule has 0 aliphatic carbocycles. The largest absolute Gasteiger partial charge is 0.341 e. The molecule has 1 N–H and O–H groups in total. The lowest BCUT2D eigenvalue weighted by atomic mass is 10.1. The number of aromatic amines is 1. The number of benzene rings is 2. The van der Waals surface area contributed by atoms with Crippen LogP contribution in [0.3, 0.4) is 0 Å². The maximum absolute atomic E-state index is 12.6. The normalized spacial score (nSPS) is 11.3. The summed E-state index contributed by atoms with van der Waals surface area (Å²) in [5, 5.41) is 1.05. The van der Waals surface area contributed by atoms with Gasteiger partial charge in [-0.2, -0.15) is 0 Å². The lowest BCUT2D eigenvalue weighted by molar-refractivity contribution is 0.0779. The van der Waals surface area contributed by atoms with Gasteiger partial charge in [0.1, 0.15) is 5.82 Å². The van der Waals surface area contributed by atoms with Gasteiger partial charge in [0, 0.05) is 19.2 Å². The molecule has 6 heteroatoms. The Balaban J connectivity index is 1.99. The summed E-state index contributed by atoms with van der Waals surface area (Å²) in [5.74, 6) is 0.993. The van der Waals surface area contributed by atoms with Crippen LogP contribution in [0.1, 0.15) is 24.2 Å². The molecule has 0 atom stereocenters. The van der Waals surface area contributed by atoms with Gasteiger partial charge >= 0.3 is 0 Å². The number of carbonyl (C=O) groups excluding carboxylic acids is 1. The number of hydrogen-bond donors (Lipinski definition) is 1. The summed E-state index contributed by atoms with van der Waals surface area (Å²) in [6, 6.07) is 10.8. The highest BCUT2D eigenvalue weighted by Gasteiger charge is 2.16. The van der Waals surface area contributed by atoms with Crippen molar-refractivity contribution >= 4 is 40.1 Å². The predicted molar refractivity (Wildman–Crippen MR) is 103 cm³/mol. The maximum atomic E-state index is 12.6. The molecule has 25 heavy (non-hydrogen) atoms. The lowest BCUT2D eigenvalue weighted by Gasteiger charge is -2.19. The average molecular weight is 376 g/mol. The first kappa shape index (κ1) is 17.8. The topological polar surface area (TPSA) is 49.0 Å². The van der Waals surface area contributed by atoms with E-state index in [0.29, 0.717) is 39.5 Å². The molecule has 0 aliphatic heterocycles. The number of carbonyl (C=O) groups is 1. The summed E-state index contributed by atoms with van der Waals surface area (Å²) >= 11 is 12.5. The molecule has 0 spiro atoms. The fraction of sp³-hybridized carbons (Fsp3) is 0.263. The third-order valence-electron chi connectivity index (χ3n) is 3.91. The predicted octanol–water partition coefficient (Wildman–Crippen LogP) is 5.26. The van der Waals surface area contributed by atoms with Crippen molar-refractivity contribution in [3.05, 3.63) is 52.0 Å². The zero-order valence-electron chi connectivity index (χ0n) is 14.3. The summed E-state index contributed by atoms with van der Waals surface area (Å²) in [5.41, 5.74) is 2.81. The van der Waals surface area contributed by atoms with Crippen LogP contribution in [-0.4, -0.2) is 34.4 Å². The molecular formula is C19H19Cl2N3O. The number of aromatic nitrogens is 2. The molecule has 0 bridgehead atoms. The van der Waals surface area contributed by atoms with E-state index in [2.05, 4.69) is 23.8 Å². The molecule has 0 fully saturated rings. The van der Waals surface area contributed by atoms with Gasteiger partial charge in [0.05, 0.1) is 26.6 Å². The van der Waals surface area contributed by atoms with E-state index < -0.39 is 0 Å². The van der Waals surface area contributed by atoms with Crippen molar-refractivity contribution in [3.63, 3.8) is 0 Å². The third kappa shape index (κ3) is 3.65. The van der Waals surface area contributed by atoms with Crippen molar-refractivity contribution in [2.24, 2.45) is 5.92 Å². The summed E-state index contributed by atoms with van der Waals surface area (Å²) < 4.78 is 0. The molecule has 130 valence electrons. The molecule has 3 aromatic rings. The first-order valence-corrected chi connectivity index (χ1v) is 8.82. The number of rotatable bonds is 4. The molecular weight excluding hydrogens is 357 g/mol. The van der Waals surface area contributed by atoms with E-state index in [9.17, 15) is 4.79 Å². The van der Waals surface area contributed by atoms with Gasteiger partial charge in [-0.3, -0.25) is 4.79 Å². The first-order valence-electron chi connectivity index (χ1n) is 8.06. The maximum Gasteiger partial charge on any atom is 0.253 e. The molecule has 0 radical (unpaired) electrons. The van der Waals surface area contributed by atoms with Gasteiger partial charge in [-0.1, -0.05) is 43.1 Å². The molecule has 1 aromatic heterocycles. The highest BCUT2D eigenvalue weighted by atomic mass is 35.5. The van der Waals surface area contributed by atoms with E-state index in [1.54, 1.807) is 29.2 Å². The monoisotopic (exact) mass is 375 g/mol. The van der Waals surface area contributed by atoms with E-state index >= 15 is 0 Å². The van der Waals surface area contributed by atoms with E-state index in [1.165, 1.54) is 0 Å². The zero-order chi connectivity index (χ0) is 18.1. The summed E-state index contributed by atoms with van der Waals surface area (Å²) in [6.45, 7) is 4.88. The Labute approximate surface area is 156 Å². The number of H-pyrrole nitrogens is 1.